The Morgan fingerprint density at radius 1 is 1.05 bits per heavy atom. The predicted octanol–water partition coefficient (Wildman–Crippen LogP) is 4.00. The van der Waals surface area contributed by atoms with Gasteiger partial charge in [-0.05, 0) is 31.4 Å². The monoisotopic (exact) mass is 294 g/mol. The summed E-state index contributed by atoms with van der Waals surface area (Å²) >= 11 is 0. The fraction of sp³-hybridized carbons (Fsp3) is 0.368. The molecule has 114 valence electrons. The lowest BCUT2D eigenvalue weighted by molar-refractivity contribution is 0.103. The number of carbonyl (C=O) groups is 1. The van der Waals surface area contributed by atoms with E-state index in [-0.39, 0.29) is 5.78 Å². The van der Waals surface area contributed by atoms with Crippen LogP contribution < -0.4 is 4.90 Å². The molecule has 0 bridgehead atoms. The minimum absolute atomic E-state index is 0.0491. The lowest BCUT2D eigenvalue weighted by Crippen LogP contribution is -2.25. The van der Waals surface area contributed by atoms with Crippen LogP contribution in [0.25, 0.3) is 0 Å². The molecule has 2 aromatic rings. The van der Waals surface area contributed by atoms with Gasteiger partial charge < -0.3 is 4.90 Å². The first-order valence-electron chi connectivity index (χ1n) is 8.07. The molecule has 1 saturated heterocycles. The zero-order chi connectivity index (χ0) is 15.4. The molecule has 22 heavy (non-hydrogen) atoms. The number of benzene rings is 1. The summed E-state index contributed by atoms with van der Waals surface area (Å²) in [5, 5.41) is 0. The molecule has 3 nitrogen and oxygen atoms in total. The number of aromatic nitrogens is 1. The van der Waals surface area contributed by atoms with Crippen molar-refractivity contribution in [3.8, 4) is 0 Å². The van der Waals surface area contributed by atoms with Gasteiger partial charge in [-0.2, -0.15) is 0 Å². The minimum Gasteiger partial charge on any atom is -0.357 e. The number of hydrogen-bond donors (Lipinski definition) is 0. The Morgan fingerprint density at radius 2 is 1.73 bits per heavy atom. The molecule has 0 saturated carbocycles. The number of hydrogen-bond acceptors (Lipinski definition) is 3. The zero-order valence-electron chi connectivity index (χ0n) is 13.1. The fourth-order valence-corrected chi connectivity index (χ4v) is 3.00. The van der Waals surface area contributed by atoms with Crippen LogP contribution in [-0.2, 0) is 0 Å². The molecule has 0 N–H and O–H groups in total. The average Bonchev–Trinajstić information content (AvgIpc) is 2.84. The highest BCUT2D eigenvalue weighted by atomic mass is 16.1. The van der Waals surface area contributed by atoms with Gasteiger partial charge in [0.15, 0.2) is 5.78 Å². The van der Waals surface area contributed by atoms with Gasteiger partial charge in [0.1, 0.15) is 5.82 Å². The lowest BCUT2D eigenvalue weighted by atomic mass is 10.0. The van der Waals surface area contributed by atoms with Crippen molar-refractivity contribution < 1.29 is 4.79 Å². The second-order valence-corrected chi connectivity index (χ2v) is 5.95. The van der Waals surface area contributed by atoms with Crippen LogP contribution in [0.3, 0.4) is 0 Å². The van der Waals surface area contributed by atoms with Gasteiger partial charge >= 0.3 is 0 Å². The summed E-state index contributed by atoms with van der Waals surface area (Å²) in [4.78, 5) is 19.5. The molecule has 0 atom stereocenters. The van der Waals surface area contributed by atoms with Crippen molar-refractivity contribution in [2.75, 3.05) is 18.0 Å². The molecule has 0 amide bonds. The molecule has 3 rings (SSSR count). The van der Waals surface area contributed by atoms with Crippen molar-refractivity contribution in [2.24, 2.45) is 0 Å². The summed E-state index contributed by atoms with van der Waals surface area (Å²) in [7, 11) is 0. The van der Waals surface area contributed by atoms with Crippen molar-refractivity contribution in [1.82, 2.24) is 4.98 Å². The molecule has 1 aliphatic heterocycles. The Balaban J connectivity index is 1.84. The van der Waals surface area contributed by atoms with Crippen LogP contribution in [-0.4, -0.2) is 23.9 Å². The number of pyridine rings is 1. The lowest BCUT2D eigenvalue weighted by Gasteiger charge is -2.22. The average molecular weight is 294 g/mol. The number of anilines is 1. The summed E-state index contributed by atoms with van der Waals surface area (Å²) in [5.41, 5.74) is 2.42. The second kappa shape index (κ2) is 6.73. The molecule has 0 unspecified atom stereocenters. The molecule has 0 spiro atoms. The Morgan fingerprint density at radius 3 is 2.36 bits per heavy atom. The molecule has 1 aliphatic rings. The van der Waals surface area contributed by atoms with Crippen LogP contribution >= 0.6 is 0 Å². The van der Waals surface area contributed by atoms with E-state index in [0.29, 0.717) is 5.56 Å². The van der Waals surface area contributed by atoms with Crippen LogP contribution in [0, 0.1) is 6.92 Å². The number of aryl methyl sites for hydroxylation is 1. The second-order valence-electron chi connectivity index (χ2n) is 5.95. The van der Waals surface area contributed by atoms with Crippen LogP contribution in [0.2, 0.25) is 0 Å². The van der Waals surface area contributed by atoms with Gasteiger partial charge in [0.05, 0.1) is 0 Å². The number of nitrogens with zero attached hydrogens (tertiary/aromatic N) is 2. The van der Waals surface area contributed by atoms with E-state index in [4.69, 9.17) is 0 Å². The molecule has 3 heteroatoms. The smallest absolute Gasteiger partial charge is 0.194 e. The highest BCUT2D eigenvalue weighted by Crippen LogP contribution is 2.21. The van der Waals surface area contributed by atoms with E-state index in [0.717, 1.165) is 30.0 Å². The van der Waals surface area contributed by atoms with Gasteiger partial charge in [0, 0.05) is 30.4 Å². The van der Waals surface area contributed by atoms with Gasteiger partial charge in [-0.1, -0.05) is 43.2 Å². The van der Waals surface area contributed by atoms with E-state index in [1.54, 1.807) is 6.20 Å². The maximum atomic E-state index is 12.6. The summed E-state index contributed by atoms with van der Waals surface area (Å²) in [6.45, 7) is 4.13. The summed E-state index contributed by atoms with van der Waals surface area (Å²) in [6, 6.07) is 11.5. The Hall–Kier alpha value is -2.16. The first kappa shape index (κ1) is 14.8. The van der Waals surface area contributed by atoms with Gasteiger partial charge in [0.25, 0.3) is 0 Å². The number of ketones is 1. The van der Waals surface area contributed by atoms with Crippen molar-refractivity contribution in [3.63, 3.8) is 0 Å². The van der Waals surface area contributed by atoms with E-state index in [1.807, 2.05) is 37.3 Å². The largest absolute Gasteiger partial charge is 0.357 e. The molecule has 1 aromatic heterocycles. The van der Waals surface area contributed by atoms with Crippen LogP contribution in [0.5, 0.6) is 0 Å². The number of rotatable bonds is 3. The van der Waals surface area contributed by atoms with Crippen molar-refractivity contribution in [2.45, 2.75) is 32.6 Å². The summed E-state index contributed by atoms with van der Waals surface area (Å²) < 4.78 is 0. The van der Waals surface area contributed by atoms with Crippen LogP contribution in [0.4, 0.5) is 5.82 Å². The van der Waals surface area contributed by atoms with Crippen LogP contribution in [0.1, 0.15) is 47.2 Å². The maximum absolute atomic E-state index is 12.6. The normalized spacial score (nSPS) is 15.4. The Labute approximate surface area is 132 Å². The first-order chi connectivity index (χ1) is 10.8. The highest BCUT2D eigenvalue weighted by Gasteiger charge is 2.16. The van der Waals surface area contributed by atoms with E-state index >= 15 is 0 Å². The molecule has 2 heterocycles. The maximum Gasteiger partial charge on any atom is 0.194 e. The summed E-state index contributed by atoms with van der Waals surface area (Å²) in [5.74, 6) is 1.05. The van der Waals surface area contributed by atoms with Crippen molar-refractivity contribution in [3.05, 3.63) is 59.3 Å². The molecule has 0 aliphatic carbocycles. The molecular formula is C19H22N2O. The quantitative estimate of drug-likeness (QED) is 0.802. The summed E-state index contributed by atoms with van der Waals surface area (Å²) in [6.07, 6.45) is 6.81. The topological polar surface area (TPSA) is 33.2 Å². The zero-order valence-corrected chi connectivity index (χ0v) is 13.1. The molecule has 1 fully saturated rings. The third-order valence-corrected chi connectivity index (χ3v) is 4.31. The standard InChI is InChI=1S/C19H22N2O/c1-15-13-18(21-11-7-2-3-8-12-21)20-14-17(15)19(22)16-9-5-4-6-10-16/h4-6,9-10,13-14H,2-3,7-8,11-12H2,1H3. The van der Waals surface area contributed by atoms with E-state index in [9.17, 15) is 4.79 Å². The van der Waals surface area contributed by atoms with Gasteiger partial charge in [-0.15, -0.1) is 0 Å². The van der Waals surface area contributed by atoms with Gasteiger partial charge in [-0.3, -0.25) is 4.79 Å². The predicted molar refractivity (Wildman–Crippen MR) is 89.5 cm³/mol. The molecular weight excluding hydrogens is 272 g/mol. The highest BCUT2D eigenvalue weighted by molar-refractivity contribution is 6.09. The van der Waals surface area contributed by atoms with E-state index < -0.39 is 0 Å². The Kier molecular flexibility index (Phi) is 4.52. The third kappa shape index (κ3) is 3.19. The fourth-order valence-electron chi connectivity index (χ4n) is 3.00. The van der Waals surface area contributed by atoms with E-state index in [2.05, 4.69) is 16.0 Å². The third-order valence-electron chi connectivity index (χ3n) is 4.31. The van der Waals surface area contributed by atoms with Crippen molar-refractivity contribution in [1.29, 1.82) is 0 Å². The van der Waals surface area contributed by atoms with Gasteiger partial charge in [-0.25, -0.2) is 4.98 Å². The molecule has 0 radical (unpaired) electrons. The Bertz CT molecular complexity index is 644. The van der Waals surface area contributed by atoms with E-state index in [1.165, 1.54) is 25.7 Å². The number of carbonyl (C=O) groups excluding carboxylic acids is 1. The van der Waals surface area contributed by atoms with Crippen molar-refractivity contribution >= 4 is 11.6 Å². The van der Waals surface area contributed by atoms with Gasteiger partial charge in [0.2, 0.25) is 0 Å². The SMILES string of the molecule is Cc1cc(N2CCCCCC2)ncc1C(=O)c1ccccc1. The first-order valence-corrected chi connectivity index (χ1v) is 8.07. The molecule has 1 aromatic carbocycles. The van der Waals surface area contributed by atoms with Crippen LogP contribution in [0.15, 0.2) is 42.6 Å². The minimum atomic E-state index is 0.0491.